The van der Waals surface area contributed by atoms with Crippen molar-refractivity contribution in [1.29, 1.82) is 0 Å². The van der Waals surface area contributed by atoms with E-state index < -0.39 is 0 Å². The maximum Gasteiger partial charge on any atom is 0.235 e. The maximum absolute atomic E-state index is 12.9. The van der Waals surface area contributed by atoms with Crippen molar-refractivity contribution in [2.75, 3.05) is 6.54 Å². The first-order valence-corrected chi connectivity index (χ1v) is 8.64. The fourth-order valence-electron chi connectivity index (χ4n) is 3.59. The van der Waals surface area contributed by atoms with Crippen molar-refractivity contribution in [1.82, 2.24) is 4.90 Å². The molecule has 24 heavy (non-hydrogen) atoms. The molecule has 0 aromatic heterocycles. The molecule has 0 N–H and O–H groups in total. The van der Waals surface area contributed by atoms with Gasteiger partial charge in [-0.25, -0.2) is 0 Å². The molecule has 4 rings (SSSR count). The van der Waals surface area contributed by atoms with Crippen LogP contribution in [0.15, 0.2) is 65.7 Å². The predicted octanol–water partition coefficient (Wildman–Crippen LogP) is 4.01. The number of carbonyl (C=O) groups is 1. The van der Waals surface area contributed by atoms with Gasteiger partial charge in [0.15, 0.2) is 0 Å². The second-order valence-electron chi connectivity index (χ2n) is 6.89. The van der Waals surface area contributed by atoms with Crippen LogP contribution < -0.4 is 0 Å². The van der Waals surface area contributed by atoms with Gasteiger partial charge in [0.1, 0.15) is 0 Å². The average Bonchev–Trinajstić information content (AvgIpc) is 3.39. The summed E-state index contributed by atoms with van der Waals surface area (Å²) in [6.45, 7) is 3.47. The number of aliphatic imine (C=N–C) groups is 1. The molecule has 3 nitrogen and oxygen atoms in total. The van der Waals surface area contributed by atoms with Crippen LogP contribution in [-0.4, -0.2) is 23.1 Å². The monoisotopic (exact) mass is 318 g/mol. The van der Waals surface area contributed by atoms with E-state index in [0.717, 1.165) is 18.6 Å². The smallest absolute Gasteiger partial charge is 0.235 e. The Balaban J connectivity index is 1.56. The van der Waals surface area contributed by atoms with Crippen LogP contribution in [0, 0.1) is 5.41 Å². The van der Waals surface area contributed by atoms with Gasteiger partial charge in [-0.1, -0.05) is 60.7 Å². The normalized spacial score (nSPS) is 21.5. The van der Waals surface area contributed by atoms with E-state index in [9.17, 15) is 4.79 Å². The Kier molecular flexibility index (Phi) is 3.72. The minimum Gasteiger partial charge on any atom is -0.332 e. The van der Waals surface area contributed by atoms with E-state index in [1.165, 1.54) is 11.1 Å². The van der Waals surface area contributed by atoms with Crippen molar-refractivity contribution >= 4 is 11.6 Å². The Morgan fingerprint density at radius 2 is 1.67 bits per heavy atom. The van der Waals surface area contributed by atoms with Crippen molar-refractivity contribution in [2.45, 2.75) is 32.4 Å². The summed E-state index contributed by atoms with van der Waals surface area (Å²) >= 11 is 0. The highest BCUT2D eigenvalue weighted by Crippen LogP contribution is 2.52. The number of amides is 1. The van der Waals surface area contributed by atoms with Gasteiger partial charge in [0, 0.05) is 12.3 Å². The summed E-state index contributed by atoms with van der Waals surface area (Å²) in [5.74, 6) is 0.269. The van der Waals surface area contributed by atoms with E-state index >= 15 is 0 Å². The molecule has 1 spiro atoms. The van der Waals surface area contributed by atoms with Crippen molar-refractivity contribution in [3.8, 4) is 0 Å². The van der Waals surface area contributed by atoms with Gasteiger partial charge >= 0.3 is 0 Å². The molecule has 2 aromatic carbocycles. The number of benzene rings is 2. The Hall–Kier alpha value is -2.42. The molecular formula is C21H22N2O. The summed E-state index contributed by atoms with van der Waals surface area (Å²) in [6.07, 6.45) is 1.91. The molecule has 1 aliphatic carbocycles. The summed E-state index contributed by atoms with van der Waals surface area (Å²) in [7, 11) is 0. The molecule has 0 unspecified atom stereocenters. The number of hydrogen-bond acceptors (Lipinski definition) is 2. The minimum atomic E-state index is -0.280. The first-order chi connectivity index (χ1) is 11.7. The molecule has 1 amide bonds. The van der Waals surface area contributed by atoms with Crippen LogP contribution in [0.5, 0.6) is 0 Å². The second-order valence-corrected chi connectivity index (χ2v) is 6.89. The van der Waals surface area contributed by atoms with E-state index in [0.29, 0.717) is 13.1 Å². The lowest BCUT2D eigenvalue weighted by Crippen LogP contribution is -2.27. The van der Waals surface area contributed by atoms with E-state index in [2.05, 4.69) is 31.2 Å². The quantitative estimate of drug-likeness (QED) is 0.838. The van der Waals surface area contributed by atoms with E-state index in [4.69, 9.17) is 4.99 Å². The largest absolute Gasteiger partial charge is 0.332 e. The highest BCUT2D eigenvalue weighted by molar-refractivity contribution is 6.17. The fraction of sp³-hybridized carbons (Fsp3) is 0.333. The molecule has 1 aliphatic heterocycles. The molecule has 0 bridgehead atoms. The first kappa shape index (κ1) is 15.1. The van der Waals surface area contributed by atoms with E-state index in [1.807, 2.05) is 41.3 Å². The molecule has 2 fully saturated rings. The highest BCUT2D eigenvalue weighted by atomic mass is 16.2. The zero-order valence-electron chi connectivity index (χ0n) is 14.0. The number of likely N-dealkylation sites (tertiary alicyclic amines) is 1. The summed E-state index contributed by atoms with van der Waals surface area (Å²) in [4.78, 5) is 19.8. The minimum absolute atomic E-state index is 0.100. The summed E-state index contributed by atoms with van der Waals surface area (Å²) < 4.78 is 0. The Bertz CT molecular complexity index is 763. The van der Waals surface area contributed by atoms with Crippen LogP contribution in [-0.2, 0) is 11.3 Å². The van der Waals surface area contributed by atoms with E-state index in [1.54, 1.807) is 0 Å². The molecule has 1 saturated carbocycles. The molecule has 3 heteroatoms. The predicted molar refractivity (Wildman–Crippen MR) is 95.8 cm³/mol. The van der Waals surface area contributed by atoms with Crippen LogP contribution in [0.1, 0.15) is 36.9 Å². The average molecular weight is 318 g/mol. The van der Waals surface area contributed by atoms with Crippen LogP contribution >= 0.6 is 0 Å². The zero-order chi connectivity index (χ0) is 16.6. The molecule has 1 saturated heterocycles. The molecule has 2 aliphatic rings. The van der Waals surface area contributed by atoms with Gasteiger partial charge in [-0.3, -0.25) is 9.79 Å². The highest BCUT2D eigenvalue weighted by Gasteiger charge is 2.60. The molecule has 2 aromatic rings. The topological polar surface area (TPSA) is 32.7 Å². The number of carbonyl (C=O) groups excluding carboxylic acids is 1. The third kappa shape index (κ3) is 2.64. The van der Waals surface area contributed by atoms with Crippen molar-refractivity contribution < 1.29 is 4.79 Å². The van der Waals surface area contributed by atoms with Gasteiger partial charge in [0.2, 0.25) is 5.91 Å². The Morgan fingerprint density at radius 1 is 1.04 bits per heavy atom. The fourth-order valence-corrected chi connectivity index (χ4v) is 3.59. The summed E-state index contributed by atoms with van der Waals surface area (Å²) in [6, 6.07) is 20.6. The Morgan fingerprint density at radius 3 is 2.29 bits per heavy atom. The summed E-state index contributed by atoms with van der Waals surface area (Å²) in [5, 5.41) is 0. The molecule has 1 heterocycles. The lowest BCUT2D eigenvalue weighted by molar-refractivity contribution is -0.132. The lowest BCUT2D eigenvalue weighted by Gasteiger charge is -2.15. The number of rotatable bonds is 4. The SMILES string of the molecule is C[C@@H](/N=C1\CN(Cc2ccccc2)C(=O)C12CC2)c1ccccc1. The second kappa shape index (κ2) is 5.90. The standard InChI is InChI=1S/C21H22N2O/c1-16(18-10-6-3-7-11-18)22-19-15-23(20(24)21(19)12-13-21)14-17-8-4-2-5-9-17/h2-11,16H,12-15H2,1H3/b22-19+/t16-/m1/s1. The van der Waals surface area contributed by atoms with Crippen molar-refractivity contribution in [3.05, 3.63) is 71.8 Å². The van der Waals surface area contributed by atoms with Crippen LogP contribution in [0.4, 0.5) is 0 Å². The third-order valence-corrected chi connectivity index (χ3v) is 5.19. The van der Waals surface area contributed by atoms with E-state index in [-0.39, 0.29) is 17.4 Å². The van der Waals surface area contributed by atoms with Gasteiger partial charge < -0.3 is 4.90 Å². The van der Waals surface area contributed by atoms with Crippen LogP contribution in [0.2, 0.25) is 0 Å². The molecule has 0 radical (unpaired) electrons. The summed E-state index contributed by atoms with van der Waals surface area (Å²) in [5.41, 5.74) is 3.19. The van der Waals surface area contributed by atoms with Crippen LogP contribution in [0.3, 0.4) is 0 Å². The van der Waals surface area contributed by atoms with Gasteiger partial charge in [0.25, 0.3) is 0 Å². The number of hydrogen-bond donors (Lipinski definition) is 0. The Labute approximate surface area is 143 Å². The third-order valence-electron chi connectivity index (χ3n) is 5.19. The van der Waals surface area contributed by atoms with Gasteiger partial charge in [0.05, 0.1) is 18.0 Å². The number of nitrogens with zero attached hydrogens (tertiary/aromatic N) is 2. The van der Waals surface area contributed by atoms with Gasteiger partial charge in [-0.2, -0.15) is 0 Å². The van der Waals surface area contributed by atoms with Crippen molar-refractivity contribution in [2.24, 2.45) is 10.4 Å². The molecular weight excluding hydrogens is 296 g/mol. The first-order valence-electron chi connectivity index (χ1n) is 8.64. The van der Waals surface area contributed by atoms with Crippen LogP contribution in [0.25, 0.3) is 0 Å². The zero-order valence-corrected chi connectivity index (χ0v) is 14.0. The molecule has 1 atom stereocenters. The maximum atomic E-state index is 12.9. The van der Waals surface area contributed by atoms with Gasteiger partial charge in [-0.15, -0.1) is 0 Å². The van der Waals surface area contributed by atoms with Crippen molar-refractivity contribution in [3.63, 3.8) is 0 Å². The molecule has 122 valence electrons. The lowest BCUT2D eigenvalue weighted by atomic mass is 10.0. The van der Waals surface area contributed by atoms with Gasteiger partial charge in [-0.05, 0) is 30.9 Å².